The van der Waals surface area contributed by atoms with E-state index in [4.69, 9.17) is 15.8 Å². The van der Waals surface area contributed by atoms with Gasteiger partial charge in [-0.05, 0) is 49.4 Å². The van der Waals surface area contributed by atoms with Crippen LogP contribution in [0.15, 0.2) is 52.7 Å². The minimum Gasteiger partial charge on any atom is -0.379 e. The average Bonchev–Trinajstić information content (AvgIpc) is 2.93. The van der Waals surface area contributed by atoms with Gasteiger partial charge < -0.3 is 4.18 Å². The van der Waals surface area contributed by atoms with Gasteiger partial charge in [0.15, 0.2) is 0 Å². The van der Waals surface area contributed by atoms with Gasteiger partial charge >= 0.3 is 10.1 Å². The molecule has 0 atom stereocenters. The molecule has 0 N–H and O–H groups in total. The van der Waals surface area contributed by atoms with Gasteiger partial charge in [-0.1, -0.05) is 11.6 Å². The Morgan fingerprint density at radius 2 is 1.88 bits per heavy atom. The minimum absolute atomic E-state index is 0.132. The van der Waals surface area contributed by atoms with Crippen molar-refractivity contribution in [2.75, 3.05) is 0 Å². The molecule has 0 spiro atoms. The maximum atomic E-state index is 13.0. The van der Waals surface area contributed by atoms with Crippen LogP contribution in [-0.4, -0.2) is 13.4 Å². The summed E-state index contributed by atoms with van der Waals surface area (Å²) in [5, 5.41) is 2.54. The Hall–Kier alpha value is -1.96. The van der Waals surface area contributed by atoms with E-state index in [-0.39, 0.29) is 15.7 Å². The maximum absolute atomic E-state index is 13.0. The fourth-order valence-corrected chi connectivity index (χ4v) is 4.23. The normalized spacial score (nSPS) is 11.5. The Morgan fingerprint density at radius 3 is 2.46 bits per heavy atom. The van der Waals surface area contributed by atoms with E-state index < -0.39 is 15.9 Å². The fourth-order valence-electron chi connectivity index (χ4n) is 1.99. The fraction of sp³-hybridized carbons (Fsp3) is 0.0625. The van der Waals surface area contributed by atoms with Crippen molar-refractivity contribution in [3.8, 4) is 16.3 Å². The molecule has 3 rings (SSSR count). The van der Waals surface area contributed by atoms with Crippen molar-refractivity contribution in [2.24, 2.45) is 0 Å². The highest BCUT2D eigenvalue weighted by Gasteiger charge is 2.21. The summed E-state index contributed by atoms with van der Waals surface area (Å²) in [5.74, 6) is -0.491. The number of nitrogens with zero attached hydrogens (tertiary/aromatic N) is 1. The predicted octanol–water partition coefficient (Wildman–Crippen LogP) is 4.68. The molecule has 1 heterocycles. The van der Waals surface area contributed by atoms with Crippen LogP contribution in [0.1, 0.15) is 5.69 Å². The van der Waals surface area contributed by atoms with Crippen molar-refractivity contribution in [3.63, 3.8) is 0 Å². The van der Waals surface area contributed by atoms with E-state index in [0.29, 0.717) is 0 Å². The molecule has 0 saturated carbocycles. The maximum Gasteiger partial charge on any atom is 0.340 e. The Bertz CT molecular complexity index is 985. The zero-order chi connectivity index (χ0) is 17.3. The van der Waals surface area contributed by atoms with E-state index in [2.05, 4.69) is 4.98 Å². The molecule has 124 valence electrons. The molecule has 0 saturated heterocycles. The quantitative estimate of drug-likeness (QED) is 0.614. The van der Waals surface area contributed by atoms with Crippen molar-refractivity contribution in [2.45, 2.75) is 11.8 Å². The molecule has 2 aromatic carbocycles. The Kier molecular flexibility index (Phi) is 4.58. The molecule has 24 heavy (non-hydrogen) atoms. The van der Waals surface area contributed by atoms with Gasteiger partial charge in [-0.2, -0.15) is 8.42 Å². The summed E-state index contributed by atoms with van der Waals surface area (Å²) in [6, 6.07) is 9.49. The predicted molar refractivity (Wildman–Crippen MR) is 91.5 cm³/mol. The van der Waals surface area contributed by atoms with Crippen LogP contribution in [0.2, 0.25) is 5.02 Å². The second-order valence-electron chi connectivity index (χ2n) is 4.93. The second kappa shape index (κ2) is 6.51. The number of aromatic nitrogens is 1. The number of rotatable bonds is 4. The molecule has 0 unspecified atom stereocenters. The molecule has 1 aromatic heterocycles. The zero-order valence-electron chi connectivity index (χ0n) is 12.4. The van der Waals surface area contributed by atoms with Crippen LogP contribution in [-0.2, 0) is 10.1 Å². The molecule has 0 radical (unpaired) electrons. The Labute approximate surface area is 147 Å². The first kappa shape index (κ1) is 16.9. The largest absolute Gasteiger partial charge is 0.379 e. The molecule has 0 aliphatic carbocycles. The summed E-state index contributed by atoms with van der Waals surface area (Å²) < 4.78 is 42.6. The van der Waals surface area contributed by atoms with Gasteiger partial charge in [-0.3, -0.25) is 0 Å². The van der Waals surface area contributed by atoms with Crippen molar-refractivity contribution < 1.29 is 17.0 Å². The summed E-state index contributed by atoms with van der Waals surface area (Å²) in [5.41, 5.74) is 1.78. The Balaban J connectivity index is 1.85. The van der Waals surface area contributed by atoms with Crippen LogP contribution in [0.25, 0.3) is 10.6 Å². The van der Waals surface area contributed by atoms with E-state index in [1.807, 2.05) is 12.3 Å². The first-order valence-corrected chi connectivity index (χ1v) is 9.44. The molecular weight excluding hydrogens is 373 g/mol. The molecular formula is C16H11ClFNO3S2. The van der Waals surface area contributed by atoms with Gasteiger partial charge in [0, 0.05) is 16.6 Å². The smallest absolute Gasteiger partial charge is 0.340 e. The first-order valence-electron chi connectivity index (χ1n) is 6.77. The molecule has 0 fully saturated rings. The van der Waals surface area contributed by atoms with Gasteiger partial charge in [0.05, 0.1) is 5.02 Å². The second-order valence-corrected chi connectivity index (χ2v) is 7.71. The highest BCUT2D eigenvalue weighted by atomic mass is 35.5. The lowest BCUT2D eigenvalue weighted by Crippen LogP contribution is -2.10. The topological polar surface area (TPSA) is 56.3 Å². The minimum atomic E-state index is -4.15. The van der Waals surface area contributed by atoms with E-state index >= 15 is 0 Å². The van der Waals surface area contributed by atoms with Crippen LogP contribution in [0.4, 0.5) is 4.39 Å². The zero-order valence-corrected chi connectivity index (χ0v) is 14.8. The molecule has 0 aliphatic rings. The summed E-state index contributed by atoms with van der Waals surface area (Å²) >= 11 is 7.28. The lowest BCUT2D eigenvalue weighted by atomic mass is 10.2. The van der Waals surface area contributed by atoms with Crippen LogP contribution >= 0.6 is 22.9 Å². The third kappa shape index (κ3) is 3.58. The average molecular weight is 384 g/mol. The summed E-state index contributed by atoms with van der Waals surface area (Å²) in [7, 11) is -4.15. The summed E-state index contributed by atoms with van der Waals surface area (Å²) in [6.07, 6.45) is 0. The molecule has 8 heteroatoms. The van der Waals surface area contributed by atoms with Crippen LogP contribution in [0.3, 0.4) is 0 Å². The van der Waals surface area contributed by atoms with Gasteiger partial charge in [-0.15, -0.1) is 11.3 Å². The monoisotopic (exact) mass is 383 g/mol. The van der Waals surface area contributed by atoms with Crippen molar-refractivity contribution in [1.82, 2.24) is 4.98 Å². The number of halogens is 2. The molecule has 3 aromatic rings. The van der Waals surface area contributed by atoms with Gasteiger partial charge in [0.1, 0.15) is 21.5 Å². The standard InChI is InChI=1S/C16H11ClFNO3S2/c1-10-9-23-16(19-10)11-2-5-13(6-3-11)22-24(20,21)15-7-4-12(18)8-14(15)17/h2-9H,1H3. The number of benzene rings is 2. The number of aryl methyl sites for hydroxylation is 1. The third-order valence-corrected chi connectivity index (χ3v) is 5.83. The van der Waals surface area contributed by atoms with Gasteiger partial charge in [0.2, 0.25) is 0 Å². The van der Waals surface area contributed by atoms with Crippen molar-refractivity contribution in [3.05, 3.63) is 64.4 Å². The number of thiazole rings is 1. The summed E-state index contributed by atoms with van der Waals surface area (Å²) in [6.45, 7) is 1.90. The van der Waals surface area contributed by atoms with E-state index in [1.54, 1.807) is 12.1 Å². The summed E-state index contributed by atoms with van der Waals surface area (Å²) in [4.78, 5) is 4.07. The number of hydrogen-bond donors (Lipinski definition) is 0. The first-order chi connectivity index (χ1) is 11.3. The third-order valence-electron chi connectivity index (χ3n) is 3.09. The van der Waals surface area contributed by atoms with Crippen molar-refractivity contribution >= 4 is 33.1 Å². The SMILES string of the molecule is Cc1csc(-c2ccc(OS(=O)(=O)c3ccc(F)cc3Cl)cc2)n1. The van der Waals surface area contributed by atoms with Crippen molar-refractivity contribution in [1.29, 1.82) is 0 Å². The van der Waals surface area contributed by atoms with E-state index in [1.165, 1.54) is 23.5 Å². The lowest BCUT2D eigenvalue weighted by Gasteiger charge is -2.08. The highest BCUT2D eigenvalue weighted by Crippen LogP contribution is 2.28. The highest BCUT2D eigenvalue weighted by molar-refractivity contribution is 7.87. The number of hydrogen-bond acceptors (Lipinski definition) is 5. The molecule has 4 nitrogen and oxygen atoms in total. The van der Waals surface area contributed by atoms with Crippen LogP contribution in [0, 0.1) is 12.7 Å². The molecule has 0 amide bonds. The van der Waals surface area contributed by atoms with Gasteiger partial charge in [0.25, 0.3) is 0 Å². The van der Waals surface area contributed by atoms with E-state index in [9.17, 15) is 12.8 Å². The van der Waals surface area contributed by atoms with E-state index in [0.717, 1.165) is 34.5 Å². The van der Waals surface area contributed by atoms with Crippen LogP contribution < -0.4 is 4.18 Å². The lowest BCUT2D eigenvalue weighted by molar-refractivity contribution is 0.486. The molecule has 0 aliphatic heterocycles. The van der Waals surface area contributed by atoms with Crippen LogP contribution in [0.5, 0.6) is 5.75 Å². The Morgan fingerprint density at radius 1 is 1.17 bits per heavy atom. The molecule has 0 bridgehead atoms. The van der Waals surface area contributed by atoms with Gasteiger partial charge in [-0.25, -0.2) is 9.37 Å².